The van der Waals surface area contributed by atoms with Crippen LogP contribution in [0.15, 0.2) is 48.5 Å². The van der Waals surface area contributed by atoms with E-state index >= 15 is 0 Å². The smallest absolute Gasteiger partial charge is 0.416 e. The molecule has 0 unspecified atom stereocenters. The maximum absolute atomic E-state index is 12.7. The van der Waals surface area contributed by atoms with Crippen LogP contribution in [0, 0.1) is 0 Å². The van der Waals surface area contributed by atoms with Gasteiger partial charge in [-0.05, 0) is 36.8 Å². The third-order valence-electron chi connectivity index (χ3n) is 3.53. The Balaban J connectivity index is 1.88. The minimum absolute atomic E-state index is 0.151. The van der Waals surface area contributed by atoms with E-state index in [0.29, 0.717) is 18.0 Å². The molecule has 4 nitrogen and oxygen atoms in total. The highest BCUT2D eigenvalue weighted by molar-refractivity contribution is 5.93. The Bertz CT molecular complexity index is 733. The number of ether oxygens (including phenoxy) is 1. The topological polar surface area (TPSA) is 50.4 Å². The van der Waals surface area contributed by atoms with E-state index in [4.69, 9.17) is 4.74 Å². The van der Waals surface area contributed by atoms with Crippen LogP contribution in [0.1, 0.15) is 25.3 Å². The maximum Gasteiger partial charge on any atom is 0.416 e. The van der Waals surface area contributed by atoms with E-state index in [-0.39, 0.29) is 18.1 Å². The minimum Gasteiger partial charge on any atom is -0.494 e. The summed E-state index contributed by atoms with van der Waals surface area (Å²) in [5.74, 6) is 0.287. The number of benzene rings is 2. The molecule has 0 radical (unpaired) electrons. The standard InChI is InChI=1S/C19H21F3N2O2/c1-2-3-10-26-17-9-5-8-16(12-17)24-18(25)13-23-15-7-4-6-14(11-15)19(20,21)22/h4-9,11-12,23H,2-3,10,13H2,1H3,(H,24,25). The van der Waals surface area contributed by atoms with Crippen molar-refractivity contribution >= 4 is 17.3 Å². The molecular weight excluding hydrogens is 345 g/mol. The molecule has 2 rings (SSSR count). The molecule has 2 aromatic rings. The van der Waals surface area contributed by atoms with Crippen molar-refractivity contribution in [2.24, 2.45) is 0 Å². The highest BCUT2D eigenvalue weighted by Crippen LogP contribution is 2.30. The molecule has 0 atom stereocenters. The summed E-state index contributed by atoms with van der Waals surface area (Å²) in [4.78, 5) is 12.0. The van der Waals surface area contributed by atoms with Gasteiger partial charge < -0.3 is 15.4 Å². The van der Waals surface area contributed by atoms with Crippen LogP contribution in [-0.4, -0.2) is 19.1 Å². The van der Waals surface area contributed by atoms with Gasteiger partial charge in [0, 0.05) is 17.4 Å². The average Bonchev–Trinajstić information content (AvgIpc) is 2.60. The van der Waals surface area contributed by atoms with Crippen LogP contribution < -0.4 is 15.4 Å². The van der Waals surface area contributed by atoms with Crippen molar-refractivity contribution in [3.8, 4) is 5.75 Å². The number of anilines is 2. The van der Waals surface area contributed by atoms with Crippen LogP contribution in [0.2, 0.25) is 0 Å². The van der Waals surface area contributed by atoms with Gasteiger partial charge in [0.15, 0.2) is 0 Å². The fraction of sp³-hybridized carbons (Fsp3) is 0.316. The summed E-state index contributed by atoms with van der Waals surface area (Å²) < 4.78 is 43.6. The Labute approximate surface area is 150 Å². The van der Waals surface area contributed by atoms with Gasteiger partial charge in [-0.2, -0.15) is 13.2 Å². The van der Waals surface area contributed by atoms with E-state index in [1.54, 1.807) is 24.3 Å². The Hall–Kier alpha value is -2.70. The average molecular weight is 366 g/mol. The molecule has 0 aliphatic carbocycles. The molecule has 140 valence electrons. The van der Waals surface area contributed by atoms with Gasteiger partial charge in [0.2, 0.25) is 5.91 Å². The molecule has 0 saturated carbocycles. The normalized spacial score (nSPS) is 11.1. The zero-order chi connectivity index (χ0) is 19.0. The lowest BCUT2D eigenvalue weighted by molar-refractivity contribution is -0.137. The van der Waals surface area contributed by atoms with E-state index < -0.39 is 11.7 Å². The van der Waals surface area contributed by atoms with Gasteiger partial charge >= 0.3 is 6.18 Å². The summed E-state index contributed by atoms with van der Waals surface area (Å²) in [5.41, 5.74) is 0.0290. The van der Waals surface area contributed by atoms with Crippen LogP contribution in [0.25, 0.3) is 0 Å². The summed E-state index contributed by atoms with van der Waals surface area (Å²) >= 11 is 0. The number of hydrogen-bond donors (Lipinski definition) is 2. The van der Waals surface area contributed by atoms with Gasteiger partial charge in [0.05, 0.1) is 18.7 Å². The van der Waals surface area contributed by atoms with Gasteiger partial charge in [-0.25, -0.2) is 0 Å². The van der Waals surface area contributed by atoms with Gasteiger partial charge in [-0.3, -0.25) is 4.79 Å². The molecule has 0 aliphatic rings. The van der Waals surface area contributed by atoms with Crippen molar-refractivity contribution in [3.63, 3.8) is 0 Å². The number of rotatable bonds is 8. The number of nitrogens with one attached hydrogen (secondary N) is 2. The Morgan fingerprint density at radius 2 is 1.81 bits per heavy atom. The summed E-state index contributed by atoms with van der Waals surface area (Å²) in [7, 11) is 0. The third-order valence-corrected chi connectivity index (χ3v) is 3.53. The highest BCUT2D eigenvalue weighted by Gasteiger charge is 2.30. The molecule has 0 fully saturated rings. The second kappa shape index (κ2) is 9.12. The maximum atomic E-state index is 12.7. The lowest BCUT2D eigenvalue weighted by Crippen LogP contribution is -2.22. The molecule has 0 spiro atoms. The van der Waals surface area contributed by atoms with Crippen LogP contribution in [0.3, 0.4) is 0 Å². The predicted molar refractivity (Wildman–Crippen MR) is 95.4 cm³/mol. The minimum atomic E-state index is -4.42. The molecule has 2 aromatic carbocycles. The first-order valence-corrected chi connectivity index (χ1v) is 8.32. The number of alkyl halides is 3. The van der Waals surface area contributed by atoms with Crippen molar-refractivity contribution in [2.75, 3.05) is 23.8 Å². The number of halogens is 3. The largest absolute Gasteiger partial charge is 0.494 e. The second-order valence-electron chi connectivity index (χ2n) is 5.71. The quantitative estimate of drug-likeness (QED) is 0.651. The number of amides is 1. The first kappa shape index (κ1) is 19.6. The van der Waals surface area contributed by atoms with Crippen molar-refractivity contribution in [1.82, 2.24) is 0 Å². The lowest BCUT2D eigenvalue weighted by Gasteiger charge is -2.11. The Morgan fingerprint density at radius 1 is 1.08 bits per heavy atom. The molecule has 0 saturated heterocycles. The van der Waals surface area contributed by atoms with Crippen LogP contribution in [0.4, 0.5) is 24.5 Å². The van der Waals surface area contributed by atoms with E-state index in [2.05, 4.69) is 17.6 Å². The summed E-state index contributed by atoms with van der Waals surface area (Å²) in [6, 6.07) is 11.7. The third kappa shape index (κ3) is 6.31. The lowest BCUT2D eigenvalue weighted by atomic mass is 10.2. The SMILES string of the molecule is CCCCOc1cccc(NC(=O)CNc2cccc(C(F)(F)F)c2)c1. The van der Waals surface area contributed by atoms with Crippen LogP contribution in [-0.2, 0) is 11.0 Å². The summed E-state index contributed by atoms with van der Waals surface area (Å²) in [6.07, 6.45) is -2.45. The predicted octanol–water partition coefficient (Wildman–Crippen LogP) is 4.93. The van der Waals surface area contributed by atoms with Gasteiger partial charge in [0.25, 0.3) is 0 Å². The molecular formula is C19H21F3N2O2. The van der Waals surface area contributed by atoms with E-state index in [1.807, 2.05) is 0 Å². The van der Waals surface area contributed by atoms with E-state index in [0.717, 1.165) is 25.0 Å². The molecule has 26 heavy (non-hydrogen) atoms. The molecule has 2 N–H and O–H groups in total. The highest BCUT2D eigenvalue weighted by atomic mass is 19.4. The zero-order valence-electron chi connectivity index (χ0n) is 14.4. The first-order valence-electron chi connectivity index (χ1n) is 8.32. The molecule has 0 aliphatic heterocycles. The van der Waals surface area contributed by atoms with Gasteiger partial charge in [0.1, 0.15) is 5.75 Å². The fourth-order valence-electron chi connectivity index (χ4n) is 2.19. The summed E-state index contributed by atoms with van der Waals surface area (Å²) in [6.45, 7) is 2.52. The molecule has 1 amide bonds. The van der Waals surface area contributed by atoms with Gasteiger partial charge in [-0.1, -0.05) is 25.5 Å². The Morgan fingerprint density at radius 3 is 2.54 bits per heavy atom. The zero-order valence-corrected chi connectivity index (χ0v) is 14.4. The van der Waals surface area contributed by atoms with E-state index in [9.17, 15) is 18.0 Å². The van der Waals surface area contributed by atoms with Crippen molar-refractivity contribution in [3.05, 3.63) is 54.1 Å². The number of carbonyl (C=O) groups is 1. The summed E-state index contributed by atoms with van der Waals surface area (Å²) in [5, 5.41) is 5.37. The fourth-order valence-corrected chi connectivity index (χ4v) is 2.19. The van der Waals surface area contributed by atoms with Crippen LogP contribution in [0.5, 0.6) is 5.75 Å². The number of unbranched alkanes of at least 4 members (excludes halogenated alkanes) is 1. The first-order chi connectivity index (χ1) is 12.4. The Kier molecular flexibility index (Phi) is 6.89. The van der Waals surface area contributed by atoms with Crippen LogP contribution >= 0.6 is 0 Å². The number of hydrogen-bond acceptors (Lipinski definition) is 3. The molecule has 0 aromatic heterocycles. The van der Waals surface area contributed by atoms with Crippen molar-refractivity contribution < 1.29 is 22.7 Å². The van der Waals surface area contributed by atoms with Crippen molar-refractivity contribution in [2.45, 2.75) is 25.9 Å². The molecule has 7 heteroatoms. The molecule has 0 bridgehead atoms. The second-order valence-corrected chi connectivity index (χ2v) is 5.71. The molecule has 0 heterocycles. The van der Waals surface area contributed by atoms with E-state index in [1.165, 1.54) is 12.1 Å². The van der Waals surface area contributed by atoms with Crippen molar-refractivity contribution in [1.29, 1.82) is 0 Å². The van der Waals surface area contributed by atoms with Gasteiger partial charge in [-0.15, -0.1) is 0 Å². The number of carbonyl (C=O) groups excluding carboxylic acids is 1. The monoisotopic (exact) mass is 366 g/mol.